The second-order valence-electron chi connectivity index (χ2n) is 14.4. The molecule has 47 heavy (non-hydrogen) atoms. The van der Waals surface area contributed by atoms with Gasteiger partial charge in [0.1, 0.15) is 0 Å². The first-order valence-corrected chi connectivity index (χ1v) is 24.8. The normalized spacial score (nSPS) is 12.0. The van der Waals surface area contributed by atoms with Crippen molar-refractivity contribution in [2.45, 2.75) is 245 Å². The Balaban J connectivity index is 3.21. The first kappa shape index (κ1) is 47.6. The van der Waals surface area contributed by atoms with Crippen LogP contribution in [-0.4, -0.2) is 34.0 Å². The molecule has 0 N–H and O–H groups in total. The monoisotopic (exact) mass is 747 g/mol. The molecule has 0 fully saturated rings. The van der Waals surface area contributed by atoms with Crippen LogP contribution in [0.1, 0.15) is 239 Å². The summed E-state index contributed by atoms with van der Waals surface area (Å²) in [5.41, 5.74) is 0. The maximum atomic E-state index is 5.98. The Hall–Kier alpha value is 0.577. The van der Waals surface area contributed by atoms with Crippen molar-refractivity contribution < 1.29 is 13.3 Å². The fourth-order valence-corrected chi connectivity index (χ4v) is 10.2. The van der Waals surface area contributed by atoms with Gasteiger partial charge in [-0.05, 0) is 33.6 Å². The lowest BCUT2D eigenvalue weighted by molar-refractivity contribution is 0.0706. The second-order valence-corrected chi connectivity index (χ2v) is 18.0. The molecule has 0 aliphatic carbocycles. The molecule has 0 aromatic carbocycles. The van der Waals surface area contributed by atoms with Crippen molar-refractivity contribution in [3.63, 3.8) is 0 Å². The van der Waals surface area contributed by atoms with Crippen LogP contribution < -0.4 is 0 Å². The summed E-state index contributed by atoms with van der Waals surface area (Å²) in [7, 11) is -2.42. The summed E-state index contributed by atoms with van der Waals surface area (Å²) in [6.45, 7) is 8.19. The van der Waals surface area contributed by atoms with E-state index in [1.54, 1.807) is 0 Å². The minimum absolute atomic E-state index is 0.686. The van der Waals surface area contributed by atoms with Crippen LogP contribution in [0.3, 0.4) is 0 Å². The van der Waals surface area contributed by atoms with E-state index < -0.39 is 8.80 Å². The van der Waals surface area contributed by atoms with Gasteiger partial charge in [0.2, 0.25) is 0 Å². The zero-order valence-corrected chi connectivity index (χ0v) is 35.3. The third kappa shape index (κ3) is 36.2. The molecular weight excluding hydrogens is 660 g/mol. The van der Waals surface area contributed by atoms with Crippen LogP contribution in [0, 0.1) is 0 Å². The van der Waals surface area contributed by atoms with Gasteiger partial charge in [0, 0.05) is 31.2 Å². The van der Waals surface area contributed by atoms with E-state index in [1.807, 2.05) is 20.8 Å². The Morgan fingerprint density at radius 2 is 0.447 bits per heavy atom. The fourth-order valence-electron chi connectivity index (χ4n) is 7.09. The molecule has 0 spiro atoms. The fraction of sp³-hybridized carbons (Fsp3) is 1.00. The van der Waals surface area contributed by atoms with E-state index in [1.165, 1.54) is 224 Å². The number of rotatable bonds is 42. The molecule has 0 bridgehead atoms. The number of hydrogen-bond acceptors (Lipinski definition) is 3. The average molecular weight is 748 g/mol. The molecule has 284 valence electrons. The highest BCUT2D eigenvalue weighted by atomic mass is 79.9. The molecule has 0 rings (SSSR count). The predicted molar refractivity (Wildman–Crippen MR) is 216 cm³/mol. The highest BCUT2D eigenvalue weighted by Crippen LogP contribution is 2.21. The summed E-state index contributed by atoms with van der Waals surface area (Å²) in [5.74, 6) is 0. The SMILES string of the molecule is CCO[Si](CCCCCCCCCCCCCCCCCCCCCCCCCCCCCCCCCCCCBr)(OCC)OCC. The number of unbranched alkanes of at least 4 members (excludes halogenated alkanes) is 33. The third-order valence-electron chi connectivity index (χ3n) is 9.96. The first-order valence-electron chi connectivity index (χ1n) is 21.7. The van der Waals surface area contributed by atoms with Crippen molar-refractivity contribution >= 4 is 24.7 Å². The van der Waals surface area contributed by atoms with Crippen molar-refractivity contribution in [2.75, 3.05) is 25.2 Å². The smallest absolute Gasteiger partial charge is 0.374 e. The molecule has 0 aromatic rings. The van der Waals surface area contributed by atoms with Crippen LogP contribution in [0.25, 0.3) is 0 Å². The molecule has 0 aromatic heterocycles. The van der Waals surface area contributed by atoms with Crippen LogP contribution in [0.5, 0.6) is 0 Å². The molecule has 0 radical (unpaired) electrons. The van der Waals surface area contributed by atoms with Crippen molar-refractivity contribution in [2.24, 2.45) is 0 Å². The Bertz CT molecular complexity index is 547. The Kier molecular flexibility index (Phi) is 41.5. The molecular formula is C42H87BrO3Si. The van der Waals surface area contributed by atoms with Crippen LogP contribution in [0.2, 0.25) is 6.04 Å². The highest BCUT2D eigenvalue weighted by molar-refractivity contribution is 9.09. The minimum atomic E-state index is -2.42. The molecule has 0 aliphatic rings. The summed E-state index contributed by atoms with van der Waals surface area (Å²) in [6, 6.07) is 0.974. The Labute approximate surface area is 307 Å². The van der Waals surface area contributed by atoms with Crippen molar-refractivity contribution in [1.82, 2.24) is 0 Å². The summed E-state index contributed by atoms with van der Waals surface area (Å²) in [6.07, 6.45) is 49.1. The van der Waals surface area contributed by atoms with Gasteiger partial charge in [-0.15, -0.1) is 0 Å². The lowest BCUT2D eigenvalue weighted by atomic mass is 10.0. The molecule has 0 unspecified atom stereocenters. The van der Waals surface area contributed by atoms with E-state index in [0.717, 1.165) is 6.04 Å². The van der Waals surface area contributed by atoms with E-state index in [9.17, 15) is 0 Å². The standard InChI is InChI=1S/C42H87BrO3Si/c1-4-44-47(45-5-2,46-6-3)42-40-38-36-34-32-30-28-26-24-22-20-18-16-14-12-10-8-7-9-11-13-15-17-19-21-23-25-27-29-31-33-35-37-39-41-43/h4-42H2,1-3H3. The molecule has 3 nitrogen and oxygen atoms in total. The van der Waals surface area contributed by atoms with Gasteiger partial charge >= 0.3 is 8.80 Å². The van der Waals surface area contributed by atoms with Gasteiger partial charge in [0.05, 0.1) is 0 Å². The van der Waals surface area contributed by atoms with Gasteiger partial charge in [-0.25, -0.2) is 0 Å². The van der Waals surface area contributed by atoms with Crippen molar-refractivity contribution in [1.29, 1.82) is 0 Å². The van der Waals surface area contributed by atoms with Crippen molar-refractivity contribution in [3.8, 4) is 0 Å². The largest absolute Gasteiger partial charge is 0.500 e. The average Bonchev–Trinajstić information content (AvgIpc) is 3.07. The molecule has 0 aliphatic heterocycles. The maximum Gasteiger partial charge on any atom is 0.500 e. The van der Waals surface area contributed by atoms with Crippen LogP contribution in [-0.2, 0) is 13.3 Å². The van der Waals surface area contributed by atoms with E-state index in [0.29, 0.717) is 19.8 Å². The third-order valence-corrected chi connectivity index (χ3v) is 13.7. The van der Waals surface area contributed by atoms with Crippen LogP contribution in [0.4, 0.5) is 0 Å². The lowest BCUT2D eigenvalue weighted by Crippen LogP contribution is -2.45. The van der Waals surface area contributed by atoms with E-state index >= 15 is 0 Å². The molecule has 5 heteroatoms. The summed E-state index contributed by atoms with van der Waals surface area (Å²) >= 11 is 3.53. The van der Waals surface area contributed by atoms with Crippen molar-refractivity contribution in [3.05, 3.63) is 0 Å². The van der Waals surface area contributed by atoms with Gasteiger partial charge in [-0.1, -0.05) is 221 Å². The van der Waals surface area contributed by atoms with Gasteiger partial charge in [-0.2, -0.15) is 0 Å². The first-order chi connectivity index (χ1) is 23.2. The van der Waals surface area contributed by atoms with E-state index in [-0.39, 0.29) is 0 Å². The van der Waals surface area contributed by atoms with Crippen LogP contribution >= 0.6 is 15.9 Å². The maximum absolute atomic E-state index is 5.98. The second kappa shape index (κ2) is 41.0. The molecule has 0 heterocycles. The van der Waals surface area contributed by atoms with E-state index in [2.05, 4.69) is 15.9 Å². The zero-order valence-electron chi connectivity index (χ0n) is 32.7. The summed E-state index contributed by atoms with van der Waals surface area (Å²) < 4.78 is 17.9. The number of halogens is 1. The Morgan fingerprint density at radius 3 is 0.617 bits per heavy atom. The van der Waals surface area contributed by atoms with Gasteiger partial charge in [0.25, 0.3) is 0 Å². The molecule has 0 saturated heterocycles. The highest BCUT2D eigenvalue weighted by Gasteiger charge is 2.39. The topological polar surface area (TPSA) is 27.7 Å². The Morgan fingerprint density at radius 1 is 0.277 bits per heavy atom. The van der Waals surface area contributed by atoms with E-state index in [4.69, 9.17) is 13.3 Å². The zero-order chi connectivity index (χ0) is 34.2. The van der Waals surface area contributed by atoms with Gasteiger partial charge in [0.15, 0.2) is 0 Å². The lowest BCUT2D eigenvalue weighted by Gasteiger charge is -2.28. The molecule has 0 atom stereocenters. The van der Waals surface area contributed by atoms with Gasteiger partial charge in [-0.3, -0.25) is 0 Å². The molecule has 0 saturated carbocycles. The summed E-state index contributed by atoms with van der Waals surface area (Å²) in [5, 5.41) is 1.18. The quantitative estimate of drug-likeness (QED) is 0.0354. The predicted octanol–water partition coefficient (Wildman–Crippen LogP) is 15.7. The van der Waals surface area contributed by atoms with Gasteiger partial charge < -0.3 is 13.3 Å². The minimum Gasteiger partial charge on any atom is -0.374 e. The number of hydrogen-bond donors (Lipinski definition) is 0. The molecule has 0 amide bonds. The number of alkyl halides is 1. The van der Waals surface area contributed by atoms with Crippen LogP contribution in [0.15, 0.2) is 0 Å². The summed E-state index contributed by atoms with van der Waals surface area (Å²) in [4.78, 5) is 0.